The highest BCUT2D eigenvalue weighted by Gasteiger charge is 2.08. The van der Waals surface area contributed by atoms with Gasteiger partial charge in [-0.25, -0.2) is 0 Å². The largest absolute Gasteiger partial charge is 0.460 e. The maximum absolute atomic E-state index is 5.90. The Morgan fingerprint density at radius 2 is 1.95 bits per heavy atom. The molecule has 0 aliphatic carbocycles. The van der Waals surface area contributed by atoms with Gasteiger partial charge >= 0.3 is 0 Å². The molecule has 3 nitrogen and oxygen atoms in total. The molecule has 0 radical (unpaired) electrons. The fourth-order valence-electron chi connectivity index (χ4n) is 2.04. The summed E-state index contributed by atoms with van der Waals surface area (Å²) in [6, 6.07) is 10.1. The molecule has 0 aliphatic rings. The molecule has 1 N–H and O–H groups in total. The van der Waals surface area contributed by atoms with Gasteiger partial charge < -0.3 is 14.6 Å². The highest BCUT2D eigenvalue weighted by Crippen LogP contribution is 2.31. The van der Waals surface area contributed by atoms with Crippen molar-refractivity contribution in [2.45, 2.75) is 13.0 Å². The van der Waals surface area contributed by atoms with E-state index in [4.69, 9.17) is 4.42 Å². The van der Waals surface area contributed by atoms with E-state index in [0.29, 0.717) is 0 Å². The SMILES string of the molecule is CN(C)CCCNCc1ccc(-c2ccc(Br)cc2Br)o1. The minimum Gasteiger partial charge on any atom is -0.460 e. The third kappa shape index (κ3) is 5.25. The summed E-state index contributed by atoms with van der Waals surface area (Å²) < 4.78 is 7.97. The number of nitrogens with zero attached hydrogens (tertiary/aromatic N) is 1. The van der Waals surface area contributed by atoms with E-state index in [9.17, 15) is 0 Å². The molecular weight excluding hydrogens is 396 g/mol. The molecule has 0 amide bonds. The Morgan fingerprint density at radius 3 is 2.67 bits per heavy atom. The summed E-state index contributed by atoms with van der Waals surface area (Å²) in [5.74, 6) is 1.85. The van der Waals surface area contributed by atoms with Crippen LogP contribution in [0.15, 0.2) is 43.7 Å². The molecule has 1 heterocycles. The molecule has 0 fully saturated rings. The van der Waals surface area contributed by atoms with Crippen LogP contribution in [-0.2, 0) is 6.54 Å². The van der Waals surface area contributed by atoms with Gasteiger partial charge in [-0.05, 0) is 79.9 Å². The van der Waals surface area contributed by atoms with E-state index in [1.165, 1.54) is 0 Å². The number of hydrogen-bond acceptors (Lipinski definition) is 3. The van der Waals surface area contributed by atoms with Gasteiger partial charge in [0.15, 0.2) is 0 Å². The quantitative estimate of drug-likeness (QED) is 0.674. The summed E-state index contributed by atoms with van der Waals surface area (Å²) in [6.07, 6.45) is 1.14. The zero-order chi connectivity index (χ0) is 15.2. The number of rotatable bonds is 7. The minimum atomic E-state index is 0.765. The van der Waals surface area contributed by atoms with Crippen LogP contribution in [0.2, 0.25) is 0 Å². The Kier molecular flexibility index (Phi) is 6.48. The van der Waals surface area contributed by atoms with Crippen molar-refractivity contribution in [1.29, 1.82) is 0 Å². The smallest absolute Gasteiger partial charge is 0.135 e. The van der Waals surface area contributed by atoms with Crippen molar-refractivity contribution in [1.82, 2.24) is 10.2 Å². The standard InChI is InChI=1S/C16H20Br2N2O/c1-20(2)9-3-8-19-11-13-5-7-16(21-13)14-6-4-12(17)10-15(14)18/h4-7,10,19H,3,8-9,11H2,1-2H3. The van der Waals surface area contributed by atoms with Crippen molar-refractivity contribution in [2.75, 3.05) is 27.2 Å². The van der Waals surface area contributed by atoms with Crippen LogP contribution in [-0.4, -0.2) is 32.1 Å². The lowest BCUT2D eigenvalue weighted by Gasteiger charge is -2.09. The van der Waals surface area contributed by atoms with E-state index in [1.807, 2.05) is 30.3 Å². The molecule has 1 aromatic carbocycles. The van der Waals surface area contributed by atoms with Crippen LogP contribution in [0, 0.1) is 0 Å². The highest BCUT2D eigenvalue weighted by atomic mass is 79.9. The van der Waals surface area contributed by atoms with E-state index in [-0.39, 0.29) is 0 Å². The Hall–Kier alpha value is -0.620. The van der Waals surface area contributed by atoms with E-state index in [2.05, 4.69) is 56.2 Å². The Labute approximate surface area is 143 Å². The molecule has 114 valence electrons. The maximum atomic E-state index is 5.90. The number of furan rings is 1. The van der Waals surface area contributed by atoms with Gasteiger partial charge in [-0.15, -0.1) is 0 Å². The first-order valence-electron chi connectivity index (χ1n) is 6.96. The summed E-state index contributed by atoms with van der Waals surface area (Å²) in [6.45, 7) is 2.86. The molecule has 0 saturated heterocycles. The third-order valence-corrected chi connectivity index (χ3v) is 4.27. The molecule has 0 unspecified atom stereocenters. The summed E-state index contributed by atoms with van der Waals surface area (Å²) in [5.41, 5.74) is 1.07. The van der Waals surface area contributed by atoms with Crippen LogP contribution in [0.5, 0.6) is 0 Å². The number of nitrogens with one attached hydrogen (secondary N) is 1. The third-order valence-electron chi connectivity index (χ3n) is 3.12. The van der Waals surface area contributed by atoms with Crippen LogP contribution in [0.1, 0.15) is 12.2 Å². The van der Waals surface area contributed by atoms with Crippen molar-refractivity contribution in [2.24, 2.45) is 0 Å². The molecule has 0 saturated carbocycles. The van der Waals surface area contributed by atoms with E-state index >= 15 is 0 Å². The zero-order valence-electron chi connectivity index (χ0n) is 12.3. The van der Waals surface area contributed by atoms with Gasteiger partial charge in [0.05, 0.1) is 6.54 Å². The fraction of sp³-hybridized carbons (Fsp3) is 0.375. The summed E-state index contributed by atoms with van der Waals surface area (Å²) in [7, 11) is 4.18. The highest BCUT2D eigenvalue weighted by molar-refractivity contribution is 9.11. The van der Waals surface area contributed by atoms with Crippen LogP contribution in [0.4, 0.5) is 0 Å². The number of hydrogen-bond donors (Lipinski definition) is 1. The van der Waals surface area contributed by atoms with Gasteiger partial charge in [0.25, 0.3) is 0 Å². The minimum absolute atomic E-state index is 0.765. The fourth-order valence-corrected chi connectivity index (χ4v) is 3.28. The molecule has 0 bridgehead atoms. The molecule has 21 heavy (non-hydrogen) atoms. The molecule has 0 spiro atoms. The van der Waals surface area contributed by atoms with Crippen molar-refractivity contribution in [3.63, 3.8) is 0 Å². The van der Waals surface area contributed by atoms with E-state index < -0.39 is 0 Å². The summed E-state index contributed by atoms with van der Waals surface area (Å²) in [5, 5.41) is 3.41. The normalized spacial score (nSPS) is 11.3. The van der Waals surface area contributed by atoms with Gasteiger partial charge in [-0.2, -0.15) is 0 Å². The van der Waals surface area contributed by atoms with Gasteiger partial charge in [0.1, 0.15) is 11.5 Å². The second kappa shape index (κ2) is 8.13. The Balaban J connectivity index is 1.89. The lowest BCUT2D eigenvalue weighted by atomic mass is 10.2. The van der Waals surface area contributed by atoms with Gasteiger partial charge in [0.2, 0.25) is 0 Å². The van der Waals surface area contributed by atoms with Gasteiger partial charge in [-0.1, -0.05) is 15.9 Å². The first-order chi connectivity index (χ1) is 10.1. The van der Waals surface area contributed by atoms with Crippen LogP contribution >= 0.6 is 31.9 Å². The molecule has 0 aliphatic heterocycles. The van der Waals surface area contributed by atoms with Crippen molar-refractivity contribution >= 4 is 31.9 Å². The van der Waals surface area contributed by atoms with Crippen molar-refractivity contribution in [3.05, 3.63) is 45.0 Å². The van der Waals surface area contributed by atoms with Crippen molar-refractivity contribution in [3.8, 4) is 11.3 Å². The average Bonchev–Trinajstić information content (AvgIpc) is 2.86. The summed E-state index contributed by atoms with van der Waals surface area (Å²) >= 11 is 7.03. The lowest BCUT2D eigenvalue weighted by Crippen LogP contribution is -2.20. The first-order valence-corrected chi connectivity index (χ1v) is 8.54. The Morgan fingerprint density at radius 1 is 1.14 bits per heavy atom. The zero-order valence-corrected chi connectivity index (χ0v) is 15.5. The molecule has 2 rings (SSSR count). The monoisotopic (exact) mass is 414 g/mol. The molecule has 2 aromatic rings. The first kappa shape index (κ1) is 16.7. The summed E-state index contributed by atoms with van der Waals surface area (Å²) in [4.78, 5) is 2.19. The van der Waals surface area contributed by atoms with Crippen LogP contribution in [0.25, 0.3) is 11.3 Å². The second-order valence-electron chi connectivity index (χ2n) is 5.22. The predicted octanol–water partition coefficient (Wildman–Crippen LogP) is 4.51. The van der Waals surface area contributed by atoms with Crippen LogP contribution < -0.4 is 5.32 Å². The average molecular weight is 416 g/mol. The molecule has 1 aromatic heterocycles. The van der Waals surface area contributed by atoms with Gasteiger partial charge in [-0.3, -0.25) is 0 Å². The number of halogens is 2. The van der Waals surface area contributed by atoms with Crippen LogP contribution in [0.3, 0.4) is 0 Å². The van der Waals surface area contributed by atoms with E-state index in [1.54, 1.807) is 0 Å². The topological polar surface area (TPSA) is 28.4 Å². The Bertz CT molecular complexity index is 581. The van der Waals surface area contributed by atoms with Gasteiger partial charge in [0, 0.05) is 14.5 Å². The second-order valence-corrected chi connectivity index (χ2v) is 6.99. The maximum Gasteiger partial charge on any atom is 0.135 e. The molecular formula is C16H20Br2N2O. The predicted molar refractivity (Wildman–Crippen MR) is 94.4 cm³/mol. The lowest BCUT2D eigenvalue weighted by molar-refractivity contribution is 0.391. The molecule has 5 heteroatoms. The van der Waals surface area contributed by atoms with E-state index in [0.717, 1.165) is 52.1 Å². The molecule has 0 atom stereocenters. The number of benzene rings is 1. The van der Waals surface area contributed by atoms with Crippen molar-refractivity contribution < 1.29 is 4.42 Å².